The molecule has 6 heteroatoms. The molecule has 0 radical (unpaired) electrons. The second-order valence-corrected chi connectivity index (χ2v) is 4.19. The molecule has 0 atom stereocenters. The molecular weight excluding hydrogens is 260 g/mol. The van der Waals surface area contributed by atoms with Crippen molar-refractivity contribution in [2.45, 2.75) is 32.7 Å². The predicted octanol–water partition coefficient (Wildman–Crippen LogP) is 3.14. The van der Waals surface area contributed by atoms with E-state index < -0.39 is 12.2 Å². The Morgan fingerprint density at radius 1 is 1.20 bits per heavy atom. The molecule has 0 saturated carbocycles. The number of hydrogen-bond acceptors (Lipinski definition) is 4. The Morgan fingerprint density at radius 3 is 2.50 bits per heavy atom. The maximum Gasteiger partial charge on any atom is 0.412 e. The van der Waals surface area contributed by atoms with Crippen molar-refractivity contribution in [2.24, 2.45) is 0 Å². The third-order valence-electron chi connectivity index (χ3n) is 2.78. The van der Waals surface area contributed by atoms with E-state index in [2.05, 4.69) is 15.4 Å². The van der Waals surface area contributed by atoms with Crippen molar-refractivity contribution in [1.82, 2.24) is 5.32 Å². The van der Waals surface area contributed by atoms with E-state index in [0.717, 1.165) is 12.8 Å². The molecule has 0 heterocycles. The first-order valence-electron chi connectivity index (χ1n) is 6.52. The van der Waals surface area contributed by atoms with Crippen LogP contribution in [0.15, 0.2) is 24.3 Å². The molecule has 0 fully saturated rings. The molecule has 2 amide bonds. The number of amides is 2. The zero-order valence-electron chi connectivity index (χ0n) is 11.9. The van der Waals surface area contributed by atoms with E-state index in [1.54, 1.807) is 24.3 Å². The van der Waals surface area contributed by atoms with Crippen LogP contribution in [0.4, 0.5) is 15.3 Å². The third kappa shape index (κ3) is 5.17. The molecule has 1 rings (SSSR count). The van der Waals surface area contributed by atoms with Gasteiger partial charge in [-0.25, -0.2) is 9.59 Å². The quantitative estimate of drug-likeness (QED) is 0.868. The molecule has 0 spiro atoms. The first-order chi connectivity index (χ1) is 9.58. The predicted molar refractivity (Wildman–Crippen MR) is 76.0 cm³/mol. The number of carbonyl (C=O) groups excluding carboxylic acids is 2. The Labute approximate surface area is 118 Å². The number of benzene rings is 1. The first-order valence-corrected chi connectivity index (χ1v) is 6.52. The highest BCUT2D eigenvalue weighted by Gasteiger charge is 2.10. The fourth-order valence-electron chi connectivity index (χ4n) is 1.60. The van der Waals surface area contributed by atoms with E-state index in [1.165, 1.54) is 7.11 Å². The highest BCUT2D eigenvalue weighted by molar-refractivity contribution is 5.84. The summed E-state index contributed by atoms with van der Waals surface area (Å²) >= 11 is 0. The smallest absolute Gasteiger partial charge is 0.412 e. The van der Waals surface area contributed by atoms with Gasteiger partial charge in [-0.3, -0.25) is 5.32 Å². The molecule has 0 unspecified atom stereocenters. The summed E-state index contributed by atoms with van der Waals surface area (Å²) in [4.78, 5) is 22.8. The monoisotopic (exact) mass is 280 g/mol. The van der Waals surface area contributed by atoms with E-state index in [0.29, 0.717) is 11.4 Å². The van der Waals surface area contributed by atoms with Gasteiger partial charge in [-0.2, -0.15) is 0 Å². The first kappa shape index (κ1) is 15.8. The van der Waals surface area contributed by atoms with Gasteiger partial charge >= 0.3 is 12.2 Å². The van der Waals surface area contributed by atoms with Gasteiger partial charge in [0.05, 0.1) is 7.11 Å². The molecule has 1 aromatic carbocycles. The minimum Gasteiger partial charge on any atom is -0.453 e. The summed E-state index contributed by atoms with van der Waals surface area (Å²) in [6, 6.07) is 6.62. The van der Waals surface area contributed by atoms with Gasteiger partial charge < -0.3 is 14.8 Å². The highest BCUT2D eigenvalue weighted by Crippen LogP contribution is 2.17. The highest BCUT2D eigenvalue weighted by atomic mass is 16.6. The Bertz CT molecular complexity index is 458. The largest absolute Gasteiger partial charge is 0.453 e. The number of ether oxygens (including phenoxy) is 2. The number of carbonyl (C=O) groups is 2. The van der Waals surface area contributed by atoms with Crippen LogP contribution in [0, 0.1) is 0 Å². The van der Waals surface area contributed by atoms with Crippen LogP contribution in [-0.2, 0) is 4.74 Å². The number of methoxy groups -OCH3 is 1. The van der Waals surface area contributed by atoms with Gasteiger partial charge in [0.15, 0.2) is 0 Å². The Hall–Kier alpha value is -2.24. The summed E-state index contributed by atoms with van der Waals surface area (Å²) < 4.78 is 9.65. The van der Waals surface area contributed by atoms with Crippen LogP contribution in [0.3, 0.4) is 0 Å². The van der Waals surface area contributed by atoms with Crippen molar-refractivity contribution in [2.75, 3.05) is 12.4 Å². The van der Waals surface area contributed by atoms with Gasteiger partial charge in [0.25, 0.3) is 0 Å². The molecule has 20 heavy (non-hydrogen) atoms. The van der Waals surface area contributed by atoms with E-state index in [4.69, 9.17) is 4.74 Å². The van der Waals surface area contributed by atoms with Crippen LogP contribution in [0.25, 0.3) is 0 Å². The molecule has 0 saturated heterocycles. The molecular formula is C14H20N2O4. The molecule has 0 aliphatic heterocycles. The summed E-state index contributed by atoms with van der Waals surface area (Å²) in [6.45, 7) is 3.99. The lowest BCUT2D eigenvalue weighted by molar-refractivity contribution is 0.187. The van der Waals surface area contributed by atoms with E-state index in [9.17, 15) is 9.59 Å². The van der Waals surface area contributed by atoms with Crippen molar-refractivity contribution in [3.8, 4) is 5.75 Å². The second-order valence-electron chi connectivity index (χ2n) is 4.19. The van der Waals surface area contributed by atoms with E-state index in [1.807, 2.05) is 13.8 Å². The summed E-state index contributed by atoms with van der Waals surface area (Å²) in [5.41, 5.74) is 0.490. The SMILES string of the molecule is CCC(CC)NC(=O)Oc1cccc(NC(=O)OC)c1. The van der Waals surface area contributed by atoms with E-state index >= 15 is 0 Å². The van der Waals surface area contributed by atoms with Gasteiger partial charge in [0.1, 0.15) is 5.75 Å². The maximum atomic E-state index is 11.7. The van der Waals surface area contributed by atoms with Gasteiger partial charge in [0, 0.05) is 17.8 Å². The molecule has 6 nitrogen and oxygen atoms in total. The minimum atomic E-state index is -0.580. The average molecular weight is 280 g/mol. The number of rotatable bonds is 5. The van der Waals surface area contributed by atoms with Crippen LogP contribution in [0.2, 0.25) is 0 Å². The standard InChI is InChI=1S/C14H20N2O4/c1-4-10(5-2)15-14(18)20-12-8-6-7-11(9-12)16-13(17)19-3/h6-10H,4-5H2,1-3H3,(H,15,18)(H,16,17). The number of anilines is 1. The molecule has 2 N–H and O–H groups in total. The van der Waals surface area contributed by atoms with Crippen molar-refractivity contribution in [3.05, 3.63) is 24.3 Å². The summed E-state index contributed by atoms with van der Waals surface area (Å²) in [7, 11) is 1.28. The Morgan fingerprint density at radius 2 is 1.90 bits per heavy atom. The minimum absolute atomic E-state index is 0.0962. The molecule has 0 aromatic heterocycles. The van der Waals surface area contributed by atoms with Crippen LogP contribution in [-0.4, -0.2) is 25.3 Å². The fourth-order valence-corrected chi connectivity index (χ4v) is 1.60. The van der Waals surface area contributed by atoms with Crippen molar-refractivity contribution in [3.63, 3.8) is 0 Å². The second kappa shape index (κ2) is 8.04. The molecule has 110 valence electrons. The van der Waals surface area contributed by atoms with Crippen LogP contribution in [0.5, 0.6) is 5.75 Å². The van der Waals surface area contributed by atoms with Crippen molar-refractivity contribution >= 4 is 17.9 Å². The summed E-state index contributed by atoms with van der Waals surface area (Å²) in [5.74, 6) is 0.349. The molecule has 0 bridgehead atoms. The Balaban J connectivity index is 2.61. The average Bonchev–Trinajstić information content (AvgIpc) is 2.44. The van der Waals surface area contributed by atoms with Crippen LogP contribution < -0.4 is 15.4 Å². The van der Waals surface area contributed by atoms with Crippen molar-refractivity contribution < 1.29 is 19.1 Å². The molecule has 0 aliphatic carbocycles. The van der Waals surface area contributed by atoms with Gasteiger partial charge in [-0.15, -0.1) is 0 Å². The lowest BCUT2D eigenvalue weighted by Crippen LogP contribution is -2.35. The summed E-state index contributed by atoms with van der Waals surface area (Å²) in [6.07, 6.45) is 0.600. The third-order valence-corrected chi connectivity index (χ3v) is 2.78. The summed E-state index contributed by atoms with van der Waals surface area (Å²) in [5, 5.41) is 5.26. The van der Waals surface area contributed by atoms with Gasteiger partial charge in [0.2, 0.25) is 0 Å². The lowest BCUT2D eigenvalue weighted by atomic mass is 10.2. The maximum absolute atomic E-state index is 11.7. The van der Waals surface area contributed by atoms with Crippen LogP contribution >= 0.6 is 0 Å². The topological polar surface area (TPSA) is 76.7 Å². The number of nitrogens with one attached hydrogen (secondary N) is 2. The van der Waals surface area contributed by atoms with Crippen LogP contribution in [0.1, 0.15) is 26.7 Å². The number of hydrogen-bond donors (Lipinski definition) is 2. The van der Waals surface area contributed by atoms with Gasteiger partial charge in [-0.1, -0.05) is 19.9 Å². The Kier molecular flexibility index (Phi) is 6.36. The molecule has 0 aliphatic rings. The van der Waals surface area contributed by atoms with Crippen molar-refractivity contribution in [1.29, 1.82) is 0 Å². The fraction of sp³-hybridized carbons (Fsp3) is 0.429. The zero-order chi connectivity index (χ0) is 15.0. The molecule has 1 aromatic rings. The lowest BCUT2D eigenvalue weighted by Gasteiger charge is -2.14. The van der Waals surface area contributed by atoms with E-state index in [-0.39, 0.29) is 6.04 Å². The van der Waals surface area contributed by atoms with Gasteiger partial charge in [-0.05, 0) is 25.0 Å². The zero-order valence-corrected chi connectivity index (χ0v) is 11.9. The normalized spacial score (nSPS) is 10.0.